The number of H-pyrrole nitrogens is 1. The third-order valence-electron chi connectivity index (χ3n) is 5.23. The molecule has 0 aliphatic carbocycles. The highest BCUT2D eigenvalue weighted by molar-refractivity contribution is 7.89. The Bertz CT molecular complexity index is 1170. The fourth-order valence-electron chi connectivity index (χ4n) is 3.48. The van der Waals surface area contributed by atoms with E-state index >= 15 is 0 Å². The monoisotopic (exact) mass is 444 g/mol. The lowest BCUT2D eigenvalue weighted by Gasteiger charge is -2.34. The van der Waals surface area contributed by atoms with Gasteiger partial charge in [0.15, 0.2) is 0 Å². The van der Waals surface area contributed by atoms with Crippen LogP contribution in [0.1, 0.15) is 10.4 Å². The lowest BCUT2D eigenvalue weighted by Crippen LogP contribution is -2.50. The summed E-state index contributed by atoms with van der Waals surface area (Å²) in [5, 5.41) is 6.75. The minimum Gasteiger partial charge on any atom is -0.497 e. The predicted molar refractivity (Wildman–Crippen MR) is 112 cm³/mol. The Morgan fingerprint density at radius 2 is 1.68 bits per heavy atom. The first-order chi connectivity index (χ1) is 14.9. The predicted octanol–water partition coefficient (Wildman–Crippen LogP) is 2.37. The van der Waals surface area contributed by atoms with Crippen LogP contribution >= 0.6 is 0 Å². The molecule has 162 valence electrons. The topological polar surface area (TPSA) is 95.6 Å². The molecule has 1 saturated heterocycles. The van der Waals surface area contributed by atoms with Crippen LogP contribution in [0.25, 0.3) is 11.3 Å². The summed E-state index contributed by atoms with van der Waals surface area (Å²) in [5.41, 5.74) is 1.50. The maximum Gasteiger partial charge on any atom is 0.257 e. The van der Waals surface area contributed by atoms with Gasteiger partial charge in [0.25, 0.3) is 5.91 Å². The standard InChI is InChI=1S/C21H21FN4O4S/c1-30-17-6-8-18(9-7-17)31(28,29)26-12-10-25(11-13-26)21(27)19-14-23-24-20(19)15-2-4-16(22)5-3-15/h2-9,14H,10-13H2,1H3,(H,23,24). The number of hydrogen-bond donors (Lipinski definition) is 1. The minimum atomic E-state index is -3.66. The number of benzene rings is 2. The van der Waals surface area contributed by atoms with Crippen LogP contribution in [-0.4, -0.2) is 67.0 Å². The van der Waals surface area contributed by atoms with Crippen LogP contribution < -0.4 is 4.74 Å². The van der Waals surface area contributed by atoms with Crippen LogP contribution in [0.4, 0.5) is 4.39 Å². The molecule has 0 unspecified atom stereocenters. The second kappa shape index (κ2) is 8.48. The zero-order valence-corrected chi connectivity index (χ0v) is 17.6. The average molecular weight is 444 g/mol. The third-order valence-corrected chi connectivity index (χ3v) is 7.14. The normalized spacial score (nSPS) is 15.1. The number of carbonyl (C=O) groups is 1. The lowest BCUT2D eigenvalue weighted by atomic mass is 10.1. The van der Waals surface area contributed by atoms with Gasteiger partial charge in [0, 0.05) is 31.7 Å². The summed E-state index contributed by atoms with van der Waals surface area (Å²) in [4.78, 5) is 14.8. The molecule has 2 heterocycles. The molecule has 4 rings (SSSR count). The summed E-state index contributed by atoms with van der Waals surface area (Å²) in [6, 6.07) is 12.0. The number of nitrogens with one attached hydrogen (secondary N) is 1. The van der Waals surface area contributed by atoms with Gasteiger partial charge in [0.2, 0.25) is 10.0 Å². The van der Waals surface area contributed by atoms with Gasteiger partial charge in [0.05, 0.1) is 29.5 Å². The van der Waals surface area contributed by atoms with E-state index in [0.717, 1.165) is 0 Å². The van der Waals surface area contributed by atoms with Crippen LogP contribution in [-0.2, 0) is 10.0 Å². The molecule has 8 nitrogen and oxygen atoms in total. The number of rotatable bonds is 5. The van der Waals surface area contributed by atoms with Crippen molar-refractivity contribution in [2.45, 2.75) is 4.90 Å². The molecule has 0 atom stereocenters. The van der Waals surface area contributed by atoms with Gasteiger partial charge >= 0.3 is 0 Å². The molecule has 0 bridgehead atoms. The Kier molecular flexibility index (Phi) is 5.75. The smallest absolute Gasteiger partial charge is 0.257 e. The van der Waals surface area contributed by atoms with E-state index in [4.69, 9.17) is 4.74 Å². The summed E-state index contributed by atoms with van der Waals surface area (Å²) in [7, 11) is -2.14. The lowest BCUT2D eigenvalue weighted by molar-refractivity contribution is 0.0698. The van der Waals surface area contributed by atoms with Gasteiger partial charge < -0.3 is 9.64 Å². The fourth-order valence-corrected chi connectivity index (χ4v) is 4.91. The van der Waals surface area contributed by atoms with Crippen molar-refractivity contribution in [3.63, 3.8) is 0 Å². The summed E-state index contributed by atoms with van der Waals surface area (Å²) in [5.74, 6) is -0.0497. The molecule has 0 spiro atoms. The molecule has 2 aromatic carbocycles. The number of methoxy groups -OCH3 is 1. The van der Waals surface area contributed by atoms with Gasteiger partial charge in [-0.05, 0) is 48.5 Å². The average Bonchev–Trinajstić information content (AvgIpc) is 3.29. The molecular formula is C21H21FN4O4S. The van der Waals surface area contributed by atoms with E-state index in [9.17, 15) is 17.6 Å². The highest BCUT2D eigenvalue weighted by atomic mass is 32.2. The molecule has 31 heavy (non-hydrogen) atoms. The fraction of sp³-hybridized carbons (Fsp3) is 0.238. The highest BCUT2D eigenvalue weighted by Crippen LogP contribution is 2.24. The van der Waals surface area contributed by atoms with E-state index in [2.05, 4.69) is 10.2 Å². The SMILES string of the molecule is COc1ccc(S(=O)(=O)N2CCN(C(=O)c3cn[nH]c3-c3ccc(F)cc3)CC2)cc1. The van der Waals surface area contributed by atoms with Gasteiger partial charge in [0.1, 0.15) is 11.6 Å². The van der Waals surface area contributed by atoms with Crippen molar-refractivity contribution >= 4 is 15.9 Å². The number of amides is 1. The molecule has 0 radical (unpaired) electrons. The molecular weight excluding hydrogens is 423 g/mol. The molecule has 1 aliphatic heterocycles. The van der Waals surface area contributed by atoms with E-state index < -0.39 is 10.0 Å². The van der Waals surface area contributed by atoms with E-state index in [1.165, 1.54) is 41.9 Å². The van der Waals surface area contributed by atoms with Crippen molar-refractivity contribution in [2.24, 2.45) is 0 Å². The van der Waals surface area contributed by atoms with Gasteiger partial charge in [-0.25, -0.2) is 12.8 Å². The Morgan fingerprint density at radius 1 is 1.03 bits per heavy atom. The van der Waals surface area contributed by atoms with Crippen molar-refractivity contribution in [1.82, 2.24) is 19.4 Å². The van der Waals surface area contributed by atoms with Gasteiger partial charge in [-0.2, -0.15) is 9.40 Å². The van der Waals surface area contributed by atoms with Crippen molar-refractivity contribution in [3.05, 3.63) is 66.1 Å². The maximum absolute atomic E-state index is 13.2. The number of hydrogen-bond acceptors (Lipinski definition) is 5. The van der Waals surface area contributed by atoms with E-state index in [0.29, 0.717) is 22.6 Å². The number of aromatic amines is 1. The Hall–Kier alpha value is -3.24. The number of aromatic nitrogens is 2. The number of piperazine rings is 1. The van der Waals surface area contributed by atoms with Crippen LogP contribution in [0, 0.1) is 5.82 Å². The van der Waals surface area contributed by atoms with E-state index in [-0.39, 0.29) is 42.8 Å². The Labute approximate surface area is 179 Å². The summed E-state index contributed by atoms with van der Waals surface area (Å²) in [6.07, 6.45) is 1.43. The first-order valence-electron chi connectivity index (χ1n) is 9.63. The molecule has 1 amide bonds. The first kappa shape index (κ1) is 21.0. The van der Waals surface area contributed by atoms with E-state index in [1.807, 2.05) is 0 Å². The number of ether oxygens (including phenoxy) is 1. The number of carbonyl (C=O) groups excluding carboxylic acids is 1. The van der Waals surface area contributed by atoms with Gasteiger partial charge in [-0.15, -0.1) is 0 Å². The summed E-state index contributed by atoms with van der Waals surface area (Å²) in [6.45, 7) is 0.873. The van der Waals surface area contributed by atoms with Crippen LogP contribution in [0.3, 0.4) is 0 Å². The third kappa shape index (κ3) is 4.17. The molecule has 1 N–H and O–H groups in total. The number of halogens is 1. The molecule has 0 saturated carbocycles. The molecule has 1 fully saturated rings. The zero-order valence-electron chi connectivity index (χ0n) is 16.8. The summed E-state index contributed by atoms with van der Waals surface area (Å²) < 4.78 is 45.4. The Morgan fingerprint density at radius 3 is 2.29 bits per heavy atom. The molecule has 1 aromatic heterocycles. The Balaban J connectivity index is 1.46. The van der Waals surface area contributed by atoms with Crippen LogP contribution in [0.15, 0.2) is 59.6 Å². The molecule has 3 aromatic rings. The van der Waals surface area contributed by atoms with Crippen molar-refractivity contribution in [2.75, 3.05) is 33.3 Å². The van der Waals surface area contributed by atoms with Gasteiger partial charge in [-0.1, -0.05) is 0 Å². The molecule has 1 aliphatic rings. The minimum absolute atomic E-state index is 0.182. The summed E-state index contributed by atoms with van der Waals surface area (Å²) >= 11 is 0. The van der Waals surface area contributed by atoms with Crippen LogP contribution in [0.2, 0.25) is 0 Å². The number of nitrogens with zero attached hydrogens (tertiary/aromatic N) is 3. The van der Waals surface area contributed by atoms with Crippen molar-refractivity contribution in [3.8, 4) is 17.0 Å². The van der Waals surface area contributed by atoms with Crippen molar-refractivity contribution < 1.29 is 22.3 Å². The molecule has 10 heteroatoms. The van der Waals surface area contributed by atoms with E-state index in [1.54, 1.807) is 29.2 Å². The quantitative estimate of drug-likeness (QED) is 0.652. The number of sulfonamides is 1. The van der Waals surface area contributed by atoms with Crippen LogP contribution in [0.5, 0.6) is 5.75 Å². The van der Waals surface area contributed by atoms with Gasteiger partial charge in [-0.3, -0.25) is 9.89 Å². The first-order valence-corrected chi connectivity index (χ1v) is 11.1. The van der Waals surface area contributed by atoms with Crippen molar-refractivity contribution in [1.29, 1.82) is 0 Å². The largest absolute Gasteiger partial charge is 0.497 e. The second-order valence-electron chi connectivity index (χ2n) is 7.04. The highest BCUT2D eigenvalue weighted by Gasteiger charge is 2.31. The zero-order chi connectivity index (χ0) is 22.0. The second-order valence-corrected chi connectivity index (χ2v) is 8.98. The maximum atomic E-state index is 13.2.